The Bertz CT molecular complexity index is 2780. The van der Waals surface area contributed by atoms with Crippen molar-refractivity contribution >= 4 is 57.2 Å². The van der Waals surface area contributed by atoms with Gasteiger partial charge < -0.3 is 19.3 Å². The molecule has 7 aromatic rings. The lowest BCUT2D eigenvalue weighted by atomic mass is 9.33. The van der Waals surface area contributed by atoms with E-state index in [-0.39, 0.29) is 23.0 Å². The summed E-state index contributed by atoms with van der Waals surface area (Å²) in [7, 11) is 0. The third-order valence-corrected chi connectivity index (χ3v) is 13.1. The van der Waals surface area contributed by atoms with E-state index in [0.29, 0.717) is 13.2 Å². The number of ether oxygens (including phenoxy) is 2. The van der Waals surface area contributed by atoms with Gasteiger partial charge in [0.25, 0.3) is 6.71 Å². The van der Waals surface area contributed by atoms with Gasteiger partial charge in [0.15, 0.2) is 11.5 Å². The second-order valence-corrected chi connectivity index (χ2v) is 20.7. The molecule has 0 bridgehead atoms. The number of rotatable bonds is 4. The van der Waals surface area contributed by atoms with Crippen LogP contribution in [0.3, 0.4) is 0 Å². The molecular formula is C57H57BN2O2. The molecular weight excluding hydrogens is 755 g/mol. The summed E-state index contributed by atoms with van der Waals surface area (Å²) in [5, 5.41) is 0. The van der Waals surface area contributed by atoms with Gasteiger partial charge >= 0.3 is 0 Å². The van der Waals surface area contributed by atoms with Gasteiger partial charge in [0.1, 0.15) is 13.2 Å². The van der Waals surface area contributed by atoms with Gasteiger partial charge in [-0.1, -0.05) is 141 Å². The second-order valence-electron chi connectivity index (χ2n) is 20.7. The zero-order valence-electron chi connectivity index (χ0n) is 38.0. The molecule has 0 saturated heterocycles. The van der Waals surface area contributed by atoms with Crippen LogP contribution in [0.2, 0.25) is 0 Å². The maximum Gasteiger partial charge on any atom is 0.252 e. The minimum absolute atomic E-state index is 0.0440. The molecule has 5 heteroatoms. The van der Waals surface area contributed by atoms with E-state index in [2.05, 4.69) is 219 Å². The summed E-state index contributed by atoms with van der Waals surface area (Å²) in [6.07, 6.45) is 0. The minimum Gasteiger partial charge on any atom is -0.486 e. The van der Waals surface area contributed by atoms with Crippen molar-refractivity contribution in [2.45, 2.75) is 85.5 Å². The van der Waals surface area contributed by atoms with Gasteiger partial charge in [-0.3, -0.25) is 0 Å². The fraction of sp³-hybridized carbons (Fsp3) is 0.263. The molecule has 4 nitrogen and oxygen atoms in total. The topological polar surface area (TPSA) is 24.9 Å². The highest BCUT2D eigenvalue weighted by molar-refractivity contribution is 7.00. The van der Waals surface area contributed by atoms with E-state index >= 15 is 0 Å². The van der Waals surface area contributed by atoms with Crippen molar-refractivity contribution in [3.05, 3.63) is 162 Å². The van der Waals surface area contributed by atoms with Gasteiger partial charge in [-0.2, -0.15) is 0 Å². The second kappa shape index (κ2) is 14.4. The molecule has 10 rings (SSSR count). The fourth-order valence-corrected chi connectivity index (χ4v) is 9.67. The largest absolute Gasteiger partial charge is 0.486 e. The molecule has 3 aliphatic rings. The Kier molecular flexibility index (Phi) is 9.30. The molecule has 0 saturated carbocycles. The zero-order valence-corrected chi connectivity index (χ0v) is 38.0. The van der Waals surface area contributed by atoms with Crippen LogP contribution in [0.25, 0.3) is 22.3 Å². The van der Waals surface area contributed by atoms with Crippen LogP contribution >= 0.6 is 0 Å². The Morgan fingerprint density at radius 2 is 0.903 bits per heavy atom. The van der Waals surface area contributed by atoms with E-state index in [4.69, 9.17) is 9.47 Å². The zero-order chi connectivity index (χ0) is 43.3. The van der Waals surface area contributed by atoms with Crippen molar-refractivity contribution in [2.75, 3.05) is 23.0 Å². The van der Waals surface area contributed by atoms with Gasteiger partial charge in [-0.25, -0.2) is 0 Å². The quantitative estimate of drug-likeness (QED) is 0.165. The average molecular weight is 813 g/mol. The lowest BCUT2D eigenvalue weighted by Crippen LogP contribution is -2.61. The van der Waals surface area contributed by atoms with Gasteiger partial charge in [0, 0.05) is 40.2 Å². The Morgan fingerprint density at radius 3 is 1.44 bits per heavy atom. The van der Waals surface area contributed by atoms with Crippen molar-refractivity contribution in [1.29, 1.82) is 0 Å². The molecule has 310 valence electrons. The van der Waals surface area contributed by atoms with Crippen molar-refractivity contribution in [1.82, 2.24) is 0 Å². The van der Waals surface area contributed by atoms with Crippen LogP contribution in [0.1, 0.15) is 84.6 Å². The summed E-state index contributed by atoms with van der Waals surface area (Å²) in [4.78, 5) is 5.00. The fourth-order valence-electron chi connectivity index (χ4n) is 9.67. The molecule has 7 aromatic carbocycles. The highest BCUT2D eigenvalue weighted by atomic mass is 16.6. The number of benzene rings is 7. The molecule has 0 atom stereocenters. The van der Waals surface area contributed by atoms with Crippen LogP contribution in [0.4, 0.5) is 34.1 Å². The molecule has 3 heterocycles. The van der Waals surface area contributed by atoms with Crippen LogP contribution in [-0.2, 0) is 16.2 Å². The van der Waals surface area contributed by atoms with E-state index in [1.807, 2.05) is 0 Å². The van der Waals surface area contributed by atoms with Crippen LogP contribution in [0, 0.1) is 6.92 Å². The predicted octanol–water partition coefficient (Wildman–Crippen LogP) is 13.1. The lowest BCUT2D eigenvalue weighted by molar-refractivity contribution is 0.172. The summed E-state index contributed by atoms with van der Waals surface area (Å²) in [6, 6.07) is 52.9. The summed E-state index contributed by atoms with van der Waals surface area (Å²) in [5.41, 5.74) is 20.8. The van der Waals surface area contributed by atoms with Crippen molar-refractivity contribution < 1.29 is 9.47 Å². The minimum atomic E-state index is -0.0534. The van der Waals surface area contributed by atoms with Crippen LogP contribution in [-0.4, -0.2) is 19.9 Å². The van der Waals surface area contributed by atoms with Crippen LogP contribution in [0.5, 0.6) is 11.5 Å². The average Bonchev–Trinajstić information content (AvgIpc) is 3.24. The predicted molar refractivity (Wildman–Crippen MR) is 263 cm³/mol. The van der Waals surface area contributed by atoms with Gasteiger partial charge in [0.05, 0.1) is 0 Å². The van der Waals surface area contributed by atoms with Crippen molar-refractivity contribution in [3.8, 4) is 33.8 Å². The summed E-state index contributed by atoms with van der Waals surface area (Å²) in [6.45, 7) is 23.9. The lowest BCUT2D eigenvalue weighted by Gasteiger charge is -2.45. The first-order valence-electron chi connectivity index (χ1n) is 22.3. The third-order valence-electron chi connectivity index (χ3n) is 13.1. The van der Waals surface area contributed by atoms with E-state index in [9.17, 15) is 0 Å². The molecule has 0 aromatic heterocycles. The molecule has 0 N–H and O–H groups in total. The maximum atomic E-state index is 6.34. The number of hydrogen-bond donors (Lipinski definition) is 0. The molecule has 0 fully saturated rings. The molecule has 0 amide bonds. The summed E-state index contributed by atoms with van der Waals surface area (Å²) >= 11 is 0. The van der Waals surface area contributed by atoms with E-state index < -0.39 is 0 Å². The molecule has 0 unspecified atom stereocenters. The first kappa shape index (κ1) is 39.9. The van der Waals surface area contributed by atoms with E-state index in [1.165, 1.54) is 78.0 Å². The van der Waals surface area contributed by atoms with Gasteiger partial charge in [-0.15, -0.1) is 0 Å². The standard InChI is InChI=1S/C57H57BN2O2/c1-36-28-50-54-51(29-36)60(45-31-39(37-16-20-41(21-17-37)55(2,3)4)30-40(32-45)38-18-22-42(23-19-38)56(5,6)7)48-25-24-43(57(8,9)10)33-46(48)58(54)47-34-52-53(62-27-26-61-52)35-49(47)59(50)44-14-12-11-13-15-44/h11-25,28-35H,26-27H2,1-10H3. The highest BCUT2D eigenvalue weighted by Crippen LogP contribution is 2.48. The molecule has 0 spiro atoms. The normalized spacial score (nSPS) is 14.3. The number of anilines is 6. The van der Waals surface area contributed by atoms with Crippen molar-refractivity contribution in [3.63, 3.8) is 0 Å². The Morgan fingerprint density at radius 1 is 0.419 bits per heavy atom. The Hall–Kier alpha value is -6.20. The van der Waals surface area contributed by atoms with Crippen molar-refractivity contribution in [2.24, 2.45) is 0 Å². The van der Waals surface area contributed by atoms with E-state index in [0.717, 1.165) is 28.6 Å². The maximum absolute atomic E-state index is 6.34. The first-order valence-corrected chi connectivity index (χ1v) is 22.3. The number of aryl methyl sites for hydroxylation is 1. The number of nitrogens with zero attached hydrogens (tertiary/aromatic N) is 2. The number of fused-ring (bicyclic) bond motifs is 5. The van der Waals surface area contributed by atoms with Gasteiger partial charge in [0.2, 0.25) is 0 Å². The van der Waals surface area contributed by atoms with Gasteiger partial charge in [-0.05, 0) is 139 Å². The number of hydrogen-bond acceptors (Lipinski definition) is 4. The Labute approximate surface area is 369 Å². The molecule has 0 aliphatic carbocycles. The monoisotopic (exact) mass is 812 g/mol. The SMILES string of the molecule is Cc1cc2c3c(c1)N(c1ccccc1)c1cc4c(cc1B3c1cc(C(C)(C)C)ccc1N2c1cc(-c2ccc(C(C)(C)C)cc2)cc(-c2ccc(C(C)(C)C)cc2)c1)OCCO4. The Balaban J connectivity index is 1.26. The highest BCUT2D eigenvalue weighted by Gasteiger charge is 2.45. The van der Waals surface area contributed by atoms with E-state index in [1.54, 1.807) is 0 Å². The van der Waals surface area contributed by atoms with Crippen LogP contribution < -0.4 is 35.7 Å². The molecule has 3 aliphatic heterocycles. The first-order chi connectivity index (χ1) is 29.5. The van der Waals surface area contributed by atoms with Crippen LogP contribution in [0.15, 0.2) is 140 Å². The number of para-hydroxylation sites is 1. The summed E-state index contributed by atoms with van der Waals surface area (Å²) in [5.74, 6) is 1.60. The molecule has 62 heavy (non-hydrogen) atoms. The molecule has 0 radical (unpaired) electrons. The third kappa shape index (κ3) is 6.87. The summed E-state index contributed by atoms with van der Waals surface area (Å²) < 4.78 is 12.6. The smallest absolute Gasteiger partial charge is 0.252 e.